The molecule has 0 fully saturated rings. The highest BCUT2D eigenvalue weighted by Gasteiger charge is 2.19. The average molecular weight is 543 g/mol. The minimum absolute atomic E-state index is 0.462. The van der Waals surface area contributed by atoms with Crippen LogP contribution in [0.25, 0.3) is 41.8 Å². The van der Waals surface area contributed by atoms with Gasteiger partial charge in [0.15, 0.2) is 0 Å². The molecule has 0 bridgehead atoms. The van der Waals surface area contributed by atoms with Crippen molar-refractivity contribution in [2.75, 3.05) is 40.6 Å². The monoisotopic (exact) mass is 542 g/mol. The molecule has 0 unspecified atom stereocenters. The van der Waals surface area contributed by atoms with E-state index in [0.717, 1.165) is 32.4 Å². The zero-order chi connectivity index (χ0) is 26.2. The van der Waals surface area contributed by atoms with Gasteiger partial charge in [0.25, 0.3) is 0 Å². The first-order valence-corrected chi connectivity index (χ1v) is 14.1. The molecule has 0 atom stereocenters. The lowest BCUT2D eigenvalue weighted by atomic mass is 10.1. The van der Waals surface area contributed by atoms with E-state index in [1.54, 1.807) is 36.9 Å². The molecule has 0 aliphatic rings. The largest absolute Gasteiger partial charge is 0.490 e. The van der Waals surface area contributed by atoms with Gasteiger partial charge in [-0.1, -0.05) is 60.7 Å². The fraction of sp³-hybridized carbons (Fsp3) is 0.188. The second kappa shape index (κ2) is 12.9. The summed E-state index contributed by atoms with van der Waals surface area (Å²) in [5.41, 5.74) is 4.41. The maximum Gasteiger partial charge on any atom is 0.128 e. The van der Waals surface area contributed by atoms with E-state index in [1.807, 2.05) is 12.1 Å². The molecule has 5 rings (SSSR count). The highest BCUT2D eigenvalue weighted by atomic mass is 32.1. The molecule has 38 heavy (non-hydrogen) atoms. The molecule has 0 aliphatic carbocycles. The first-order valence-electron chi connectivity index (χ1n) is 12.5. The van der Waals surface area contributed by atoms with Crippen LogP contribution in [0.3, 0.4) is 0 Å². The van der Waals surface area contributed by atoms with E-state index < -0.39 is 0 Å². The topological polar surface area (TPSA) is 36.9 Å². The van der Waals surface area contributed by atoms with Crippen molar-refractivity contribution in [2.45, 2.75) is 0 Å². The zero-order valence-electron chi connectivity index (χ0n) is 21.5. The van der Waals surface area contributed by atoms with Crippen molar-refractivity contribution in [3.05, 3.63) is 97.1 Å². The first kappa shape index (κ1) is 26.2. The van der Waals surface area contributed by atoms with E-state index >= 15 is 0 Å². The minimum Gasteiger partial charge on any atom is -0.490 e. The number of hydrogen-bond donors (Lipinski definition) is 0. The third-order valence-electron chi connectivity index (χ3n) is 6.03. The highest BCUT2D eigenvalue weighted by Crippen LogP contribution is 2.46. The summed E-state index contributed by atoms with van der Waals surface area (Å²) in [5.74, 6) is 1.62. The molecule has 5 aromatic rings. The van der Waals surface area contributed by atoms with E-state index in [4.69, 9.17) is 18.9 Å². The summed E-state index contributed by atoms with van der Waals surface area (Å²) >= 11 is 3.49. The van der Waals surface area contributed by atoms with Crippen LogP contribution in [0.2, 0.25) is 0 Å². The highest BCUT2D eigenvalue weighted by molar-refractivity contribution is 7.19. The number of hydrogen-bond acceptors (Lipinski definition) is 6. The Kier molecular flexibility index (Phi) is 8.89. The fourth-order valence-electron chi connectivity index (χ4n) is 4.13. The predicted molar refractivity (Wildman–Crippen MR) is 159 cm³/mol. The Bertz CT molecular complexity index is 1330. The maximum absolute atomic E-state index is 6.29. The summed E-state index contributed by atoms with van der Waals surface area (Å²) < 4.78 is 23.1. The van der Waals surface area contributed by atoms with Crippen LogP contribution >= 0.6 is 22.7 Å². The fourth-order valence-corrected chi connectivity index (χ4v) is 6.20. The van der Waals surface area contributed by atoms with Crippen molar-refractivity contribution in [2.24, 2.45) is 0 Å². The Morgan fingerprint density at radius 1 is 0.474 bits per heavy atom. The molecule has 0 saturated carbocycles. The van der Waals surface area contributed by atoms with Crippen molar-refractivity contribution in [3.63, 3.8) is 0 Å². The van der Waals surface area contributed by atoms with Gasteiger partial charge in [0.05, 0.1) is 13.2 Å². The van der Waals surface area contributed by atoms with Crippen LogP contribution in [0.4, 0.5) is 0 Å². The Balaban J connectivity index is 1.58. The number of ether oxygens (including phenoxy) is 4. The van der Waals surface area contributed by atoms with Crippen LogP contribution < -0.4 is 9.47 Å². The summed E-state index contributed by atoms with van der Waals surface area (Å²) in [5, 5.41) is 0. The van der Waals surface area contributed by atoms with Gasteiger partial charge in [0.2, 0.25) is 0 Å². The van der Waals surface area contributed by atoms with Gasteiger partial charge >= 0.3 is 0 Å². The van der Waals surface area contributed by atoms with E-state index in [1.165, 1.54) is 20.9 Å². The standard InChI is InChI=1S/C32H30O4S2/c1-33-17-19-35-27-21-26(32-16-14-30(38-32)24-11-7-4-8-12-24)28(36-20-18-34-2)22-25(27)31-15-13-29(37-31)23-9-5-3-6-10-23/h3-16,21-22H,17-20H2,1-2H3. The molecule has 2 heterocycles. The van der Waals surface area contributed by atoms with Gasteiger partial charge < -0.3 is 18.9 Å². The van der Waals surface area contributed by atoms with Crippen molar-refractivity contribution < 1.29 is 18.9 Å². The Labute approximate surface area is 232 Å². The second-order valence-corrected chi connectivity index (χ2v) is 10.8. The third-order valence-corrected chi connectivity index (χ3v) is 8.37. The van der Waals surface area contributed by atoms with Crippen molar-refractivity contribution in [3.8, 4) is 53.3 Å². The predicted octanol–water partition coefficient (Wildman–Crippen LogP) is 8.53. The Morgan fingerprint density at radius 3 is 1.26 bits per heavy atom. The maximum atomic E-state index is 6.29. The summed E-state index contributed by atoms with van der Waals surface area (Å²) in [6.45, 7) is 1.95. The lowest BCUT2D eigenvalue weighted by Crippen LogP contribution is -2.07. The average Bonchev–Trinajstić information content (AvgIpc) is 3.66. The smallest absolute Gasteiger partial charge is 0.128 e. The van der Waals surface area contributed by atoms with E-state index in [0.29, 0.717) is 26.4 Å². The number of thiophene rings is 2. The van der Waals surface area contributed by atoms with Crippen molar-refractivity contribution in [1.82, 2.24) is 0 Å². The van der Waals surface area contributed by atoms with Gasteiger partial charge in [-0.15, -0.1) is 22.7 Å². The molecule has 2 aromatic heterocycles. The number of rotatable bonds is 12. The third kappa shape index (κ3) is 6.17. The van der Waals surface area contributed by atoms with Crippen LogP contribution in [0.5, 0.6) is 11.5 Å². The van der Waals surface area contributed by atoms with Gasteiger partial charge in [0.1, 0.15) is 24.7 Å². The van der Waals surface area contributed by atoms with Gasteiger partial charge in [-0.25, -0.2) is 0 Å². The lowest BCUT2D eigenvalue weighted by Gasteiger charge is -2.17. The molecule has 3 aromatic carbocycles. The summed E-state index contributed by atoms with van der Waals surface area (Å²) in [6.07, 6.45) is 0. The van der Waals surface area contributed by atoms with Gasteiger partial charge in [-0.05, 0) is 47.5 Å². The minimum atomic E-state index is 0.462. The molecule has 0 radical (unpaired) electrons. The summed E-state index contributed by atoms with van der Waals surface area (Å²) in [6, 6.07) is 33.7. The molecule has 0 aliphatic heterocycles. The molecular formula is C32H30O4S2. The molecular weight excluding hydrogens is 512 g/mol. The summed E-state index contributed by atoms with van der Waals surface area (Å²) in [4.78, 5) is 4.66. The number of benzene rings is 3. The normalized spacial score (nSPS) is 11.0. The molecule has 0 spiro atoms. The summed E-state index contributed by atoms with van der Waals surface area (Å²) in [7, 11) is 3.37. The zero-order valence-corrected chi connectivity index (χ0v) is 23.1. The van der Waals surface area contributed by atoms with Gasteiger partial charge in [0, 0.05) is 44.9 Å². The van der Waals surface area contributed by atoms with Crippen LogP contribution in [-0.2, 0) is 9.47 Å². The van der Waals surface area contributed by atoms with E-state index in [-0.39, 0.29) is 0 Å². The van der Waals surface area contributed by atoms with Crippen LogP contribution in [0, 0.1) is 0 Å². The second-order valence-electron chi connectivity index (χ2n) is 8.59. The van der Waals surface area contributed by atoms with E-state index in [2.05, 4.69) is 84.9 Å². The van der Waals surface area contributed by atoms with Crippen molar-refractivity contribution in [1.29, 1.82) is 0 Å². The first-order chi connectivity index (χ1) is 18.8. The molecule has 0 N–H and O–H groups in total. The molecule has 6 heteroatoms. The Hall–Kier alpha value is -3.42. The van der Waals surface area contributed by atoms with Crippen LogP contribution in [0.1, 0.15) is 0 Å². The Morgan fingerprint density at radius 2 is 0.868 bits per heavy atom. The van der Waals surface area contributed by atoms with E-state index in [9.17, 15) is 0 Å². The molecule has 194 valence electrons. The van der Waals surface area contributed by atoms with Crippen LogP contribution in [-0.4, -0.2) is 40.6 Å². The van der Waals surface area contributed by atoms with Crippen molar-refractivity contribution >= 4 is 22.7 Å². The lowest BCUT2D eigenvalue weighted by molar-refractivity contribution is 0.145. The molecule has 4 nitrogen and oxygen atoms in total. The van der Waals surface area contributed by atoms with Crippen LogP contribution in [0.15, 0.2) is 97.1 Å². The quantitative estimate of drug-likeness (QED) is 0.148. The SMILES string of the molecule is COCCOc1cc(-c2ccc(-c3ccccc3)s2)c(OCCOC)cc1-c1ccc(-c2ccccc2)s1. The number of methoxy groups -OCH3 is 2. The molecule has 0 saturated heterocycles. The molecule has 0 amide bonds. The van der Waals surface area contributed by atoms with Gasteiger partial charge in [-0.2, -0.15) is 0 Å². The van der Waals surface area contributed by atoms with Gasteiger partial charge in [-0.3, -0.25) is 0 Å².